The molecule has 1 aliphatic heterocycles. The fraction of sp³-hybridized carbons (Fsp3) is 0.235. The zero-order chi connectivity index (χ0) is 16.4. The van der Waals surface area contributed by atoms with Gasteiger partial charge in [0.1, 0.15) is 11.1 Å². The van der Waals surface area contributed by atoms with Crippen LogP contribution in [0.15, 0.2) is 42.5 Å². The number of hydrogen-bond acceptors (Lipinski definition) is 5. The van der Waals surface area contributed by atoms with Gasteiger partial charge in [-0.05, 0) is 42.0 Å². The predicted octanol–water partition coefficient (Wildman–Crippen LogP) is 3.19. The summed E-state index contributed by atoms with van der Waals surface area (Å²) in [5, 5.41) is 9.30. The molecule has 0 bridgehead atoms. The summed E-state index contributed by atoms with van der Waals surface area (Å²) >= 11 is 1.56. The molecule has 120 valence electrons. The number of carbonyl (C=O) groups excluding carboxylic acids is 1. The van der Waals surface area contributed by atoms with Crippen LogP contribution >= 0.6 is 11.8 Å². The van der Waals surface area contributed by atoms with Crippen molar-refractivity contribution in [1.29, 1.82) is 0 Å². The standard InChI is InChI=1S/C17H17NO4S/c1-21-14-8-3-11(9-15(14)22-2)17-18(16(20)10-23-17)12-4-6-13(19)7-5-12/h3-9,17,19H,10H2,1-2H3. The molecule has 1 atom stereocenters. The first-order valence-corrected chi connectivity index (χ1v) is 8.13. The minimum absolute atomic E-state index is 0.0421. The molecule has 23 heavy (non-hydrogen) atoms. The zero-order valence-electron chi connectivity index (χ0n) is 12.9. The summed E-state index contributed by atoms with van der Waals surface area (Å²) in [7, 11) is 3.18. The Bertz CT molecular complexity index is 717. The quantitative estimate of drug-likeness (QED) is 0.932. The Hall–Kier alpha value is -2.34. The minimum atomic E-state index is -0.133. The van der Waals surface area contributed by atoms with Crippen LogP contribution in [0, 0.1) is 0 Å². The average molecular weight is 331 g/mol. The number of hydrogen-bond donors (Lipinski definition) is 1. The number of benzene rings is 2. The molecule has 1 fully saturated rings. The van der Waals surface area contributed by atoms with Gasteiger partial charge in [-0.25, -0.2) is 0 Å². The summed E-state index contributed by atoms with van der Waals surface area (Å²) in [4.78, 5) is 14.0. The Balaban J connectivity index is 1.97. The number of nitrogens with zero attached hydrogens (tertiary/aromatic N) is 1. The Kier molecular flexibility index (Phi) is 4.34. The molecule has 1 amide bonds. The number of methoxy groups -OCH3 is 2. The van der Waals surface area contributed by atoms with Gasteiger partial charge in [-0.2, -0.15) is 0 Å². The predicted molar refractivity (Wildman–Crippen MR) is 90.3 cm³/mol. The van der Waals surface area contributed by atoms with Crippen LogP contribution in [0.3, 0.4) is 0 Å². The van der Waals surface area contributed by atoms with Gasteiger partial charge in [-0.15, -0.1) is 11.8 Å². The maximum Gasteiger partial charge on any atom is 0.238 e. The summed E-state index contributed by atoms with van der Waals surface area (Å²) in [5.41, 5.74) is 1.73. The average Bonchev–Trinajstić information content (AvgIpc) is 2.96. The monoisotopic (exact) mass is 331 g/mol. The molecular formula is C17H17NO4S. The topological polar surface area (TPSA) is 59.0 Å². The second-order valence-corrected chi connectivity index (χ2v) is 6.13. The Morgan fingerprint density at radius 3 is 2.43 bits per heavy atom. The molecule has 0 spiro atoms. The molecule has 0 aromatic heterocycles. The lowest BCUT2D eigenvalue weighted by Crippen LogP contribution is -2.27. The van der Waals surface area contributed by atoms with E-state index in [1.807, 2.05) is 18.2 Å². The van der Waals surface area contributed by atoms with E-state index in [0.717, 1.165) is 11.3 Å². The first-order chi connectivity index (χ1) is 11.1. The summed E-state index contributed by atoms with van der Waals surface area (Å²) < 4.78 is 10.6. The number of anilines is 1. The maximum atomic E-state index is 12.3. The van der Waals surface area contributed by atoms with Crippen LogP contribution in [0.25, 0.3) is 0 Å². The van der Waals surface area contributed by atoms with E-state index < -0.39 is 0 Å². The smallest absolute Gasteiger partial charge is 0.238 e. The number of ether oxygens (including phenoxy) is 2. The lowest BCUT2D eigenvalue weighted by molar-refractivity contribution is -0.115. The molecule has 6 heteroatoms. The molecular weight excluding hydrogens is 314 g/mol. The first kappa shape index (κ1) is 15.6. The highest BCUT2D eigenvalue weighted by molar-refractivity contribution is 8.00. The van der Waals surface area contributed by atoms with E-state index in [2.05, 4.69) is 0 Å². The number of phenolic OH excluding ortho intramolecular Hbond substituents is 1. The molecule has 1 saturated heterocycles. The first-order valence-electron chi connectivity index (χ1n) is 7.08. The minimum Gasteiger partial charge on any atom is -0.508 e. The molecule has 1 aliphatic rings. The summed E-state index contributed by atoms with van der Waals surface area (Å²) in [6.07, 6.45) is 0. The molecule has 0 radical (unpaired) electrons. The SMILES string of the molecule is COc1ccc(C2SCC(=O)N2c2ccc(O)cc2)cc1OC. The van der Waals surface area contributed by atoms with E-state index in [-0.39, 0.29) is 17.0 Å². The molecule has 5 nitrogen and oxygen atoms in total. The summed E-state index contributed by atoms with van der Waals surface area (Å²) in [6.45, 7) is 0. The van der Waals surface area contributed by atoms with Gasteiger partial charge in [-0.1, -0.05) is 6.07 Å². The van der Waals surface area contributed by atoms with Crippen LogP contribution in [-0.2, 0) is 4.79 Å². The van der Waals surface area contributed by atoms with E-state index in [9.17, 15) is 9.90 Å². The maximum absolute atomic E-state index is 12.3. The molecule has 1 heterocycles. The van der Waals surface area contributed by atoms with Crippen LogP contribution in [0.1, 0.15) is 10.9 Å². The summed E-state index contributed by atoms with van der Waals surface area (Å²) in [6, 6.07) is 12.3. The highest BCUT2D eigenvalue weighted by Crippen LogP contribution is 2.44. The van der Waals surface area contributed by atoms with Crippen molar-refractivity contribution < 1.29 is 19.4 Å². The van der Waals surface area contributed by atoms with Crippen LogP contribution in [0.4, 0.5) is 5.69 Å². The van der Waals surface area contributed by atoms with E-state index in [0.29, 0.717) is 17.3 Å². The Morgan fingerprint density at radius 2 is 1.78 bits per heavy atom. The number of carbonyl (C=O) groups is 1. The van der Waals surface area contributed by atoms with Gasteiger partial charge < -0.3 is 14.6 Å². The van der Waals surface area contributed by atoms with E-state index >= 15 is 0 Å². The molecule has 0 aliphatic carbocycles. The van der Waals surface area contributed by atoms with Crippen molar-refractivity contribution in [2.45, 2.75) is 5.37 Å². The molecule has 1 N–H and O–H groups in total. The third-order valence-electron chi connectivity index (χ3n) is 3.69. The van der Waals surface area contributed by atoms with Crippen molar-refractivity contribution in [3.63, 3.8) is 0 Å². The van der Waals surface area contributed by atoms with Crippen LogP contribution in [0.2, 0.25) is 0 Å². The second-order valence-electron chi connectivity index (χ2n) is 5.06. The molecule has 3 rings (SSSR count). The van der Waals surface area contributed by atoms with Gasteiger partial charge in [0.15, 0.2) is 11.5 Å². The second kappa shape index (κ2) is 6.42. The van der Waals surface area contributed by atoms with Gasteiger partial charge in [0.25, 0.3) is 0 Å². The van der Waals surface area contributed by atoms with Gasteiger partial charge >= 0.3 is 0 Å². The number of aromatic hydroxyl groups is 1. The third-order valence-corrected chi connectivity index (χ3v) is 4.90. The van der Waals surface area contributed by atoms with Gasteiger partial charge in [0, 0.05) is 5.69 Å². The number of rotatable bonds is 4. The molecule has 1 unspecified atom stereocenters. The van der Waals surface area contributed by atoms with Crippen LogP contribution in [-0.4, -0.2) is 31.0 Å². The highest BCUT2D eigenvalue weighted by atomic mass is 32.2. The third kappa shape index (κ3) is 2.94. The van der Waals surface area contributed by atoms with Crippen LogP contribution < -0.4 is 14.4 Å². The largest absolute Gasteiger partial charge is 0.508 e. The van der Waals surface area contributed by atoms with Crippen molar-refractivity contribution in [2.24, 2.45) is 0 Å². The van der Waals surface area contributed by atoms with Crippen molar-refractivity contribution >= 4 is 23.4 Å². The van der Waals surface area contributed by atoms with Crippen molar-refractivity contribution in [3.8, 4) is 17.2 Å². The lowest BCUT2D eigenvalue weighted by atomic mass is 10.1. The fourth-order valence-electron chi connectivity index (χ4n) is 2.57. The zero-order valence-corrected chi connectivity index (χ0v) is 13.7. The number of amides is 1. The van der Waals surface area contributed by atoms with Crippen molar-refractivity contribution in [3.05, 3.63) is 48.0 Å². The molecule has 2 aromatic carbocycles. The number of phenols is 1. The fourth-order valence-corrected chi connectivity index (χ4v) is 3.74. The Morgan fingerprint density at radius 1 is 1.09 bits per heavy atom. The Labute approximate surface area is 138 Å². The summed E-state index contributed by atoms with van der Waals surface area (Å²) in [5.74, 6) is 1.92. The molecule has 0 saturated carbocycles. The van der Waals surface area contributed by atoms with Crippen molar-refractivity contribution in [1.82, 2.24) is 0 Å². The highest BCUT2D eigenvalue weighted by Gasteiger charge is 2.34. The van der Waals surface area contributed by atoms with Gasteiger partial charge in [0.2, 0.25) is 5.91 Å². The van der Waals surface area contributed by atoms with E-state index in [4.69, 9.17) is 9.47 Å². The number of thioether (sulfide) groups is 1. The normalized spacial score (nSPS) is 17.4. The molecule has 2 aromatic rings. The lowest BCUT2D eigenvalue weighted by Gasteiger charge is -2.25. The van der Waals surface area contributed by atoms with Crippen molar-refractivity contribution in [2.75, 3.05) is 24.9 Å². The van der Waals surface area contributed by atoms with Gasteiger partial charge in [0.05, 0.1) is 20.0 Å². The van der Waals surface area contributed by atoms with Crippen LogP contribution in [0.5, 0.6) is 17.2 Å². The van der Waals surface area contributed by atoms with Gasteiger partial charge in [-0.3, -0.25) is 9.69 Å². The van der Waals surface area contributed by atoms with E-state index in [1.54, 1.807) is 55.1 Å². The van der Waals surface area contributed by atoms with E-state index in [1.165, 1.54) is 0 Å².